The minimum absolute atomic E-state index is 0.143. The van der Waals surface area contributed by atoms with Gasteiger partial charge in [0.2, 0.25) is 0 Å². The maximum Gasteiger partial charge on any atom is 0.155 e. The Hall–Kier alpha value is -0.630. The molecule has 2 nitrogen and oxygen atoms in total. The topological polar surface area (TPSA) is 37.3 Å². The van der Waals surface area contributed by atoms with Crippen LogP contribution in [0.25, 0.3) is 0 Å². The van der Waals surface area contributed by atoms with E-state index in [-0.39, 0.29) is 6.10 Å². The van der Waals surface area contributed by atoms with Gasteiger partial charge >= 0.3 is 0 Å². The summed E-state index contributed by atoms with van der Waals surface area (Å²) in [6.45, 7) is 11.8. The minimum atomic E-state index is -0.143. The van der Waals surface area contributed by atoms with E-state index in [0.29, 0.717) is 22.5 Å². The van der Waals surface area contributed by atoms with Crippen molar-refractivity contribution in [2.24, 2.45) is 46.3 Å². The van der Waals surface area contributed by atoms with Crippen molar-refractivity contribution in [1.82, 2.24) is 0 Å². The fraction of sp³-hybridized carbons (Fsp3) is 0.889. The Bertz CT molecular complexity index is 663. The van der Waals surface area contributed by atoms with Crippen molar-refractivity contribution >= 4 is 5.78 Å². The zero-order valence-corrected chi connectivity index (χ0v) is 19.5. The first-order valence-corrected chi connectivity index (χ1v) is 12.6. The van der Waals surface area contributed by atoms with E-state index < -0.39 is 0 Å². The highest BCUT2D eigenvalue weighted by atomic mass is 16.3. The lowest BCUT2D eigenvalue weighted by atomic mass is 9.46. The van der Waals surface area contributed by atoms with Crippen LogP contribution in [0.15, 0.2) is 11.6 Å². The summed E-state index contributed by atoms with van der Waals surface area (Å²) in [7, 11) is 0. The molecule has 0 unspecified atom stereocenters. The van der Waals surface area contributed by atoms with Crippen molar-refractivity contribution in [3.05, 3.63) is 11.6 Å². The molecular weight excluding hydrogens is 356 g/mol. The van der Waals surface area contributed by atoms with E-state index in [1.807, 2.05) is 6.08 Å². The second-order valence-corrected chi connectivity index (χ2v) is 12.1. The number of hydrogen-bond donors (Lipinski definition) is 1. The zero-order chi connectivity index (χ0) is 21.0. The largest absolute Gasteiger partial charge is 0.393 e. The molecule has 0 saturated heterocycles. The van der Waals surface area contributed by atoms with Crippen LogP contribution < -0.4 is 0 Å². The van der Waals surface area contributed by atoms with Crippen LogP contribution in [0, 0.1) is 46.3 Å². The molecule has 0 heterocycles. The van der Waals surface area contributed by atoms with Gasteiger partial charge in [-0.2, -0.15) is 0 Å². The van der Waals surface area contributed by atoms with Gasteiger partial charge in [0.25, 0.3) is 0 Å². The van der Waals surface area contributed by atoms with E-state index in [0.717, 1.165) is 55.3 Å². The van der Waals surface area contributed by atoms with Crippen molar-refractivity contribution < 1.29 is 9.90 Å². The van der Waals surface area contributed by atoms with Gasteiger partial charge in [0, 0.05) is 6.42 Å². The molecule has 164 valence electrons. The molecule has 4 rings (SSSR count). The molecule has 2 heteroatoms. The number of carbonyl (C=O) groups is 1. The normalized spacial score (nSPS) is 44.0. The number of aliphatic hydroxyl groups excluding tert-OH is 1. The van der Waals surface area contributed by atoms with Gasteiger partial charge in [0.1, 0.15) is 0 Å². The summed E-state index contributed by atoms with van der Waals surface area (Å²) >= 11 is 0. The lowest BCUT2D eigenvalue weighted by molar-refractivity contribution is -0.117. The second kappa shape index (κ2) is 7.81. The SMILES string of the molecule is CC(C)[C@@H](O)CC[C@@H](C)[C@H]1CC[C@H]2[C@@H]3CCC4=CC(=O)CC[C@]4(C)[C@H]3CC[C@]12C. The third-order valence-electron chi connectivity index (χ3n) is 10.4. The Balaban J connectivity index is 1.49. The van der Waals surface area contributed by atoms with Crippen molar-refractivity contribution in [1.29, 1.82) is 0 Å². The van der Waals surface area contributed by atoms with E-state index in [4.69, 9.17) is 0 Å². The summed E-state index contributed by atoms with van der Waals surface area (Å²) in [4.78, 5) is 12.0. The van der Waals surface area contributed by atoms with Crippen LogP contribution in [-0.2, 0) is 4.79 Å². The van der Waals surface area contributed by atoms with Gasteiger partial charge in [0.15, 0.2) is 5.78 Å². The predicted octanol–water partition coefficient (Wildman–Crippen LogP) is 6.57. The summed E-state index contributed by atoms with van der Waals surface area (Å²) < 4.78 is 0. The highest BCUT2D eigenvalue weighted by Crippen LogP contribution is 2.67. The van der Waals surface area contributed by atoms with Crippen LogP contribution in [0.2, 0.25) is 0 Å². The number of hydrogen-bond acceptors (Lipinski definition) is 2. The number of fused-ring (bicyclic) bond motifs is 5. The smallest absolute Gasteiger partial charge is 0.155 e. The van der Waals surface area contributed by atoms with E-state index in [9.17, 15) is 9.90 Å². The fourth-order valence-electron chi connectivity index (χ4n) is 8.50. The Morgan fingerprint density at radius 3 is 2.48 bits per heavy atom. The highest BCUT2D eigenvalue weighted by Gasteiger charge is 2.59. The molecule has 4 aliphatic rings. The monoisotopic (exact) mass is 400 g/mol. The van der Waals surface area contributed by atoms with Crippen LogP contribution in [0.3, 0.4) is 0 Å². The summed E-state index contributed by atoms with van der Waals surface area (Å²) in [5, 5.41) is 10.3. The zero-order valence-electron chi connectivity index (χ0n) is 19.5. The molecule has 0 radical (unpaired) electrons. The third kappa shape index (κ3) is 3.56. The first-order chi connectivity index (χ1) is 13.7. The molecule has 0 spiro atoms. The summed E-state index contributed by atoms with van der Waals surface area (Å²) in [6.07, 6.45) is 13.9. The minimum Gasteiger partial charge on any atom is -0.393 e. The first-order valence-electron chi connectivity index (χ1n) is 12.6. The van der Waals surface area contributed by atoms with Gasteiger partial charge in [-0.15, -0.1) is 0 Å². The molecule has 0 amide bonds. The van der Waals surface area contributed by atoms with E-state index in [1.165, 1.54) is 44.1 Å². The molecular formula is C27H44O2. The Morgan fingerprint density at radius 2 is 1.76 bits per heavy atom. The van der Waals surface area contributed by atoms with Crippen LogP contribution >= 0.6 is 0 Å². The lowest BCUT2D eigenvalue weighted by Gasteiger charge is -2.58. The number of carbonyl (C=O) groups excluding carboxylic acids is 1. The van der Waals surface area contributed by atoms with Crippen LogP contribution in [-0.4, -0.2) is 17.0 Å². The maximum absolute atomic E-state index is 12.0. The molecule has 0 aromatic heterocycles. The maximum atomic E-state index is 12.0. The van der Waals surface area contributed by atoms with Crippen LogP contribution in [0.4, 0.5) is 0 Å². The van der Waals surface area contributed by atoms with Crippen LogP contribution in [0.1, 0.15) is 98.8 Å². The fourth-order valence-corrected chi connectivity index (χ4v) is 8.50. The van der Waals surface area contributed by atoms with Gasteiger partial charge in [-0.3, -0.25) is 4.79 Å². The molecule has 0 bridgehead atoms. The molecule has 0 aliphatic heterocycles. The molecule has 3 fully saturated rings. The van der Waals surface area contributed by atoms with E-state index in [1.54, 1.807) is 0 Å². The summed E-state index contributed by atoms with van der Waals surface area (Å²) in [5.74, 6) is 4.82. The molecule has 4 aliphatic carbocycles. The average molecular weight is 401 g/mol. The van der Waals surface area contributed by atoms with Gasteiger partial charge in [0.05, 0.1) is 6.10 Å². The van der Waals surface area contributed by atoms with E-state index in [2.05, 4.69) is 34.6 Å². The van der Waals surface area contributed by atoms with Gasteiger partial charge in [-0.1, -0.05) is 40.2 Å². The van der Waals surface area contributed by atoms with Crippen molar-refractivity contribution in [3.63, 3.8) is 0 Å². The van der Waals surface area contributed by atoms with Gasteiger partial charge in [-0.05, 0) is 110 Å². The second-order valence-electron chi connectivity index (χ2n) is 12.1. The van der Waals surface area contributed by atoms with E-state index >= 15 is 0 Å². The number of rotatable bonds is 5. The number of aliphatic hydroxyl groups is 1. The molecule has 1 N–H and O–H groups in total. The Labute approximate surface area is 178 Å². The molecule has 8 atom stereocenters. The van der Waals surface area contributed by atoms with Crippen molar-refractivity contribution in [2.45, 2.75) is 105 Å². The van der Waals surface area contributed by atoms with Gasteiger partial charge in [-0.25, -0.2) is 0 Å². The summed E-state index contributed by atoms with van der Waals surface area (Å²) in [6, 6.07) is 0. The Kier molecular flexibility index (Phi) is 5.82. The number of allylic oxidation sites excluding steroid dienone is 1. The first kappa shape index (κ1) is 21.6. The Morgan fingerprint density at radius 1 is 1.00 bits per heavy atom. The molecule has 29 heavy (non-hydrogen) atoms. The standard InChI is InChI=1S/C27H44O2/c1-17(2)25(29)11-6-18(3)22-9-10-23-21-8-7-19-16-20(28)12-14-26(19,4)24(21)13-15-27(22,23)5/h16-18,21-25,29H,6-15H2,1-5H3/t18-,21+,22-,23+,24+,25+,26+,27-/m1/s1. The lowest BCUT2D eigenvalue weighted by Crippen LogP contribution is -2.51. The van der Waals surface area contributed by atoms with Crippen molar-refractivity contribution in [3.8, 4) is 0 Å². The average Bonchev–Trinajstić information content (AvgIpc) is 3.03. The van der Waals surface area contributed by atoms with Crippen molar-refractivity contribution in [2.75, 3.05) is 0 Å². The molecule has 3 saturated carbocycles. The number of ketones is 1. The molecule has 0 aromatic carbocycles. The molecule has 0 aromatic rings. The highest BCUT2D eigenvalue weighted by molar-refractivity contribution is 5.91. The summed E-state index contributed by atoms with van der Waals surface area (Å²) in [5.41, 5.74) is 2.28. The third-order valence-corrected chi connectivity index (χ3v) is 10.4. The van der Waals surface area contributed by atoms with Crippen LogP contribution in [0.5, 0.6) is 0 Å². The van der Waals surface area contributed by atoms with Gasteiger partial charge < -0.3 is 5.11 Å². The quantitative estimate of drug-likeness (QED) is 0.567. The predicted molar refractivity (Wildman–Crippen MR) is 119 cm³/mol.